The first kappa shape index (κ1) is 5.59. The van der Waals surface area contributed by atoms with Crippen LogP contribution < -0.4 is 0 Å². The van der Waals surface area contributed by atoms with Crippen LogP contribution in [0.2, 0.25) is 0 Å². The van der Waals surface area contributed by atoms with E-state index < -0.39 is 0 Å². The Morgan fingerprint density at radius 3 is 1.33 bits per heavy atom. The molecule has 1 rings (SSSR count). The molecule has 1 aliphatic rings. The van der Waals surface area contributed by atoms with E-state index in [2.05, 4.69) is 45.2 Å². The van der Waals surface area contributed by atoms with Crippen LogP contribution >= 0.6 is 45.2 Å². The van der Waals surface area contributed by atoms with Gasteiger partial charge in [-0.25, -0.2) is 0 Å². The first-order valence-corrected chi connectivity index (χ1v) is 4.58. The largest absolute Gasteiger partial charge is 0.0815 e. The van der Waals surface area contributed by atoms with Gasteiger partial charge in [0, 0.05) is 7.85 Å². The summed E-state index contributed by atoms with van der Waals surface area (Å²) in [6, 6.07) is 0. The lowest BCUT2D eigenvalue weighted by molar-refractivity contribution is 0.578. The lowest BCUT2D eigenvalue weighted by Crippen LogP contribution is -2.24. The third kappa shape index (κ3) is 0.993. The highest BCUT2D eigenvalue weighted by Crippen LogP contribution is 2.33. The van der Waals surface area contributed by atoms with Crippen LogP contribution in [0, 0.1) is 0 Å². The van der Waals surface area contributed by atoms with E-state index in [0.717, 1.165) is 7.85 Å². The number of hydrogen-bond acceptors (Lipinski definition) is 0. The first-order valence-electron chi connectivity index (χ1n) is 2.09. The van der Waals surface area contributed by atoms with Crippen molar-refractivity contribution in [3.8, 4) is 0 Å². The van der Waals surface area contributed by atoms with Crippen molar-refractivity contribution in [2.75, 3.05) is 0 Å². The van der Waals surface area contributed by atoms with Gasteiger partial charge in [-0.05, 0) is 12.8 Å². The van der Waals surface area contributed by atoms with E-state index >= 15 is 0 Å². The van der Waals surface area contributed by atoms with E-state index in [0.29, 0.717) is 0 Å². The van der Waals surface area contributed by atoms with Gasteiger partial charge in [0.1, 0.15) is 0 Å². The fourth-order valence-corrected chi connectivity index (χ4v) is 1.86. The lowest BCUT2D eigenvalue weighted by atomic mass is 10.0. The normalized spacial score (nSPS) is 45.0. The SMILES string of the molecule is IC1CC[C@H]1I. The Hall–Kier alpha value is 1.46. The number of hydrogen-bond donors (Lipinski definition) is 0. The monoisotopic (exact) mass is 308 g/mol. The molecule has 1 unspecified atom stereocenters. The van der Waals surface area contributed by atoms with Gasteiger partial charge < -0.3 is 0 Å². The Morgan fingerprint density at radius 1 is 1.00 bits per heavy atom. The predicted octanol–water partition coefficient (Wildman–Crippen LogP) is 2.39. The summed E-state index contributed by atoms with van der Waals surface area (Å²) in [7, 11) is 0. The molecule has 0 aromatic heterocycles. The maximum absolute atomic E-state index is 2.51. The molecule has 0 amide bonds. The van der Waals surface area contributed by atoms with Crippen molar-refractivity contribution in [2.45, 2.75) is 20.7 Å². The minimum Gasteiger partial charge on any atom is -0.0815 e. The van der Waals surface area contributed by atoms with Crippen LogP contribution in [-0.2, 0) is 0 Å². The molecule has 0 spiro atoms. The highest BCUT2D eigenvalue weighted by molar-refractivity contribution is 14.1. The van der Waals surface area contributed by atoms with Gasteiger partial charge in [-0.15, -0.1) is 0 Å². The van der Waals surface area contributed by atoms with Gasteiger partial charge >= 0.3 is 0 Å². The standard InChI is InChI=1S/C4H6I2/c5-3-1-2-4(3)6/h3-4H,1-2H2/t3-,4?/m1/s1. The van der Waals surface area contributed by atoms with Crippen molar-refractivity contribution in [3.63, 3.8) is 0 Å². The second-order valence-electron chi connectivity index (χ2n) is 1.61. The Bertz CT molecular complexity index is 45.5. The molecule has 0 aromatic carbocycles. The minimum absolute atomic E-state index is 0.989. The van der Waals surface area contributed by atoms with Crippen LogP contribution in [0.1, 0.15) is 12.8 Å². The molecule has 0 N–H and O–H groups in total. The molecule has 0 aliphatic heterocycles. The summed E-state index contributed by atoms with van der Waals surface area (Å²) >= 11 is 5.02. The van der Waals surface area contributed by atoms with Gasteiger partial charge in [0.15, 0.2) is 0 Å². The molecule has 1 saturated carbocycles. The fraction of sp³-hybridized carbons (Fsp3) is 1.00. The number of rotatable bonds is 0. The van der Waals surface area contributed by atoms with Crippen molar-refractivity contribution in [3.05, 3.63) is 0 Å². The van der Waals surface area contributed by atoms with Crippen molar-refractivity contribution >= 4 is 45.2 Å². The second-order valence-corrected chi connectivity index (χ2v) is 4.81. The smallest absolute Gasteiger partial charge is 0.0228 e. The van der Waals surface area contributed by atoms with E-state index in [1.54, 1.807) is 0 Å². The molecule has 36 valence electrons. The quantitative estimate of drug-likeness (QED) is 0.476. The van der Waals surface area contributed by atoms with Crippen molar-refractivity contribution < 1.29 is 0 Å². The molecule has 2 atom stereocenters. The molecule has 1 aliphatic carbocycles. The summed E-state index contributed by atoms with van der Waals surface area (Å²) in [5.74, 6) is 0. The maximum Gasteiger partial charge on any atom is 0.0228 e. The van der Waals surface area contributed by atoms with Gasteiger partial charge in [0.25, 0.3) is 0 Å². The van der Waals surface area contributed by atoms with Gasteiger partial charge in [-0.3, -0.25) is 0 Å². The zero-order chi connectivity index (χ0) is 4.57. The van der Waals surface area contributed by atoms with Crippen LogP contribution in [0.4, 0.5) is 0 Å². The average molecular weight is 308 g/mol. The molecular weight excluding hydrogens is 302 g/mol. The van der Waals surface area contributed by atoms with E-state index in [4.69, 9.17) is 0 Å². The Morgan fingerprint density at radius 2 is 1.33 bits per heavy atom. The first-order chi connectivity index (χ1) is 2.80. The number of halogens is 2. The Balaban J connectivity index is 2.20. The molecule has 0 heterocycles. The zero-order valence-electron chi connectivity index (χ0n) is 3.32. The van der Waals surface area contributed by atoms with Gasteiger partial charge in [-0.1, -0.05) is 45.2 Å². The van der Waals surface area contributed by atoms with Gasteiger partial charge in [-0.2, -0.15) is 0 Å². The summed E-state index contributed by atoms with van der Waals surface area (Å²) in [4.78, 5) is 0. The summed E-state index contributed by atoms with van der Waals surface area (Å²) in [5, 5.41) is 0. The van der Waals surface area contributed by atoms with Crippen molar-refractivity contribution in [1.82, 2.24) is 0 Å². The summed E-state index contributed by atoms with van der Waals surface area (Å²) in [5.41, 5.74) is 0. The highest BCUT2D eigenvalue weighted by atomic mass is 127. The van der Waals surface area contributed by atoms with Gasteiger partial charge in [0.2, 0.25) is 0 Å². The molecule has 1 fully saturated rings. The molecule has 0 bridgehead atoms. The van der Waals surface area contributed by atoms with Crippen LogP contribution in [0.15, 0.2) is 0 Å². The summed E-state index contributed by atoms with van der Waals surface area (Å²) in [6.07, 6.45) is 2.91. The molecular formula is C4H6I2. The third-order valence-corrected chi connectivity index (χ3v) is 5.47. The van der Waals surface area contributed by atoms with Crippen molar-refractivity contribution in [2.24, 2.45) is 0 Å². The van der Waals surface area contributed by atoms with E-state index in [-0.39, 0.29) is 0 Å². The fourth-order valence-electron chi connectivity index (χ4n) is 0.419. The molecule has 2 heteroatoms. The third-order valence-electron chi connectivity index (χ3n) is 1.11. The molecule has 0 aromatic rings. The van der Waals surface area contributed by atoms with Crippen LogP contribution in [0.3, 0.4) is 0 Å². The van der Waals surface area contributed by atoms with Crippen LogP contribution in [0.5, 0.6) is 0 Å². The molecule has 0 nitrogen and oxygen atoms in total. The lowest BCUT2D eigenvalue weighted by Gasteiger charge is -2.26. The molecule has 6 heavy (non-hydrogen) atoms. The molecule has 0 radical (unpaired) electrons. The van der Waals surface area contributed by atoms with E-state index in [9.17, 15) is 0 Å². The van der Waals surface area contributed by atoms with Gasteiger partial charge in [0.05, 0.1) is 0 Å². The average Bonchev–Trinajstić information content (AvgIpc) is 1.61. The van der Waals surface area contributed by atoms with E-state index in [1.165, 1.54) is 12.8 Å². The van der Waals surface area contributed by atoms with E-state index in [1.807, 2.05) is 0 Å². The van der Waals surface area contributed by atoms with Crippen molar-refractivity contribution in [1.29, 1.82) is 0 Å². The summed E-state index contributed by atoms with van der Waals surface area (Å²) < 4.78 is 1.98. The summed E-state index contributed by atoms with van der Waals surface area (Å²) in [6.45, 7) is 0. The molecule has 0 saturated heterocycles. The zero-order valence-corrected chi connectivity index (χ0v) is 7.64. The van der Waals surface area contributed by atoms with Crippen LogP contribution in [-0.4, -0.2) is 7.85 Å². The second kappa shape index (κ2) is 2.15. The number of alkyl halides is 2. The minimum atomic E-state index is 0.989. The highest BCUT2D eigenvalue weighted by Gasteiger charge is 2.24. The van der Waals surface area contributed by atoms with Crippen LogP contribution in [0.25, 0.3) is 0 Å². The Kier molecular flexibility index (Phi) is 2.01. The topological polar surface area (TPSA) is 0 Å². The Labute approximate surface area is 65.4 Å². The predicted molar refractivity (Wildman–Crippen MR) is 44.9 cm³/mol. The maximum atomic E-state index is 2.51.